The van der Waals surface area contributed by atoms with Gasteiger partial charge in [-0.1, -0.05) is 0 Å². The predicted molar refractivity (Wildman–Crippen MR) is 74.5 cm³/mol. The Bertz CT molecular complexity index is 280. The van der Waals surface area contributed by atoms with Gasteiger partial charge in [-0.2, -0.15) is 0 Å². The first kappa shape index (κ1) is 15.4. The zero-order chi connectivity index (χ0) is 13.8. The van der Waals surface area contributed by atoms with Crippen molar-refractivity contribution in [2.24, 2.45) is 5.73 Å². The Morgan fingerprint density at radius 1 is 1.39 bits per heavy atom. The highest BCUT2D eigenvalue weighted by Gasteiger charge is 2.31. The quantitative estimate of drug-likeness (QED) is 0.741. The van der Waals surface area contributed by atoms with Crippen molar-refractivity contribution in [3.05, 3.63) is 0 Å². The van der Waals surface area contributed by atoms with Crippen molar-refractivity contribution in [3.63, 3.8) is 0 Å². The molecule has 18 heavy (non-hydrogen) atoms. The number of piperazine rings is 1. The number of carbonyl (C=O) groups excluding carboxylic acids is 1. The summed E-state index contributed by atoms with van der Waals surface area (Å²) >= 11 is 0. The smallest absolute Gasteiger partial charge is 0.236 e. The Labute approximate surface area is 111 Å². The van der Waals surface area contributed by atoms with E-state index in [1.807, 2.05) is 7.05 Å². The van der Waals surface area contributed by atoms with Crippen LogP contribution < -0.4 is 5.73 Å². The van der Waals surface area contributed by atoms with Crippen molar-refractivity contribution < 1.29 is 4.79 Å². The van der Waals surface area contributed by atoms with Crippen LogP contribution in [0.3, 0.4) is 0 Å². The van der Waals surface area contributed by atoms with Crippen molar-refractivity contribution in [2.45, 2.75) is 25.8 Å². The summed E-state index contributed by atoms with van der Waals surface area (Å²) < 4.78 is 0. The van der Waals surface area contributed by atoms with Gasteiger partial charge in [0.05, 0.1) is 6.54 Å². The van der Waals surface area contributed by atoms with Gasteiger partial charge in [-0.3, -0.25) is 14.6 Å². The molecular weight excluding hydrogens is 228 g/mol. The van der Waals surface area contributed by atoms with Crippen molar-refractivity contribution >= 4 is 5.91 Å². The molecule has 1 amide bonds. The van der Waals surface area contributed by atoms with Crippen LogP contribution in [0.25, 0.3) is 0 Å². The normalized spacial score (nSPS) is 20.9. The van der Waals surface area contributed by atoms with E-state index in [1.54, 1.807) is 4.90 Å². The SMILES string of the molecule is CN(CCCN)C(=O)CN1CCN(C)C(C)(C)C1. The topological polar surface area (TPSA) is 52.8 Å². The van der Waals surface area contributed by atoms with Crippen molar-refractivity contribution in [2.75, 3.05) is 53.4 Å². The standard InChI is InChI=1S/C13H28N4O/c1-13(2)11-17(9-8-16(13)4)10-12(18)15(3)7-5-6-14/h5-11,14H2,1-4H3. The second kappa shape index (κ2) is 6.50. The molecule has 0 unspecified atom stereocenters. The van der Waals surface area contributed by atoms with Gasteiger partial charge in [-0.05, 0) is 33.9 Å². The zero-order valence-electron chi connectivity index (χ0n) is 12.3. The molecule has 1 rings (SSSR count). The maximum atomic E-state index is 12.0. The second-order valence-electron chi connectivity index (χ2n) is 5.90. The van der Waals surface area contributed by atoms with Crippen LogP contribution in [0.1, 0.15) is 20.3 Å². The first-order valence-corrected chi connectivity index (χ1v) is 6.74. The number of nitrogens with zero attached hydrogens (tertiary/aromatic N) is 3. The Balaban J connectivity index is 2.41. The minimum absolute atomic E-state index is 0.147. The maximum Gasteiger partial charge on any atom is 0.236 e. The molecule has 0 aliphatic carbocycles. The molecular formula is C13H28N4O. The number of rotatable bonds is 5. The third-order valence-corrected chi connectivity index (χ3v) is 3.88. The lowest BCUT2D eigenvalue weighted by Gasteiger charge is -2.45. The van der Waals surface area contributed by atoms with Crippen LogP contribution in [-0.4, -0.2) is 79.5 Å². The van der Waals surface area contributed by atoms with Gasteiger partial charge in [-0.25, -0.2) is 0 Å². The van der Waals surface area contributed by atoms with Gasteiger partial charge in [0.25, 0.3) is 0 Å². The number of nitrogens with two attached hydrogens (primary N) is 1. The summed E-state index contributed by atoms with van der Waals surface area (Å²) in [4.78, 5) is 18.4. The molecule has 0 atom stereocenters. The van der Waals surface area contributed by atoms with E-state index < -0.39 is 0 Å². The summed E-state index contributed by atoms with van der Waals surface area (Å²) in [7, 11) is 4.01. The van der Waals surface area contributed by atoms with Crippen molar-refractivity contribution in [3.8, 4) is 0 Å². The predicted octanol–water partition coefficient (Wildman–Crippen LogP) is -0.180. The first-order valence-electron chi connectivity index (χ1n) is 6.74. The van der Waals surface area contributed by atoms with E-state index in [4.69, 9.17) is 5.73 Å². The minimum Gasteiger partial charge on any atom is -0.345 e. The van der Waals surface area contributed by atoms with Crippen molar-refractivity contribution in [1.82, 2.24) is 14.7 Å². The van der Waals surface area contributed by atoms with E-state index in [0.717, 1.165) is 32.6 Å². The fourth-order valence-electron chi connectivity index (χ4n) is 2.24. The molecule has 0 radical (unpaired) electrons. The van der Waals surface area contributed by atoms with E-state index in [0.29, 0.717) is 13.1 Å². The first-order chi connectivity index (χ1) is 8.36. The fraction of sp³-hybridized carbons (Fsp3) is 0.923. The van der Waals surface area contributed by atoms with Crippen LogP contribution >= 0.6 is 0 Å². The molecule has 5 nitrogen and oxygen atoms in total. The Hall–Kier alpha value is -0.650. The fourth-order valence-corrected chi connectivity index (χ4v) is 2.24. The van der Waals surface area contributed by atoms with Crippen LogP contribution in [0.4, 0.5) is 0 Å². The third kappa shape index (κ3) is 4.23. The largest absolute Gasteiger partial charge is 0.345 e. The highest BCUT2D eigenvalue weighted by Crippen LogP contribution is 2.18. The van der Waals surface area contributed by atoms with Gasteiger partial charge < -0.3 is 10.6 Å². The molecule has 0 aromatic carbocycles. The van der Waals surface area contributed by atoms with E-state index in [1.165, 1.54) is 0 Å². The van der Waals surface area contributed by atoms with Crippen LogP contribution in [0.5, 0.6) is 0 Å². The van der Waals surface area contributed by atoms with Crippen molar-refractivity contribution in [1.29, 1.82) is 0 Å². The van der Waals surface area contributed by atoms with E-state index in [2.05, 4.69) is 30.7 Å². The third-order valence-electron chi connectivity index (χ3n) is 3.88. The lowest BCUT2D eigenvalue weighted by atomic mass is 10.00. The molecule has 0 saturated carbocycles. The molecule has 5 heteroatoms. The molecule has 1 aliphatic rings. The summed E-state index contributed by atoms with van der Waals surface area (Å²) in [6, 6.07) is 0. The zero-order valence-corrected chi connectivity index (χ0v) is 12.3. The van der Waals surface area contributed by atoms with Crippen LogP contribution in [0, 0.1) is 0 Å². The van der Waals surface area contributed by atoms with Gasteiger partial charge in [0, 0.05) is 38.8 Å². The Morgan fingerprint density at radius 2 is 2.06 bits per heavy atom. The van der Waals surface area contributed by atoms with E-state index >= 15 is 0 Å². The van der Waals surface area contributed by atoms with Gasteiger partial charge >= 0.3 is 0 Å². The number of likely N-dealkylation sites (N-methyl/N-ethyl adjacent to an activating group) is 2. The second-order valence-corrected chi connectivity index (χ2v) is 5.90. The highest BCUT2D eigenvalue weighted by molar-refractivity contribution is 5.78. The monoisotopic (exact) mass is 256 g/mol. The Kier molecular flexibility index (Phi) is 5.56. The van der Waals surface area contributed by atoms with Crippen LogP contribution in [0.2, 0.25) is 0 Å². The lowest BCUT2D eigenvalue weighted by molar-refractivity contribution is -0.132. The molecule has 0 spiro atoms. The molecule has 1 aliphatic heterocycles. The molecule has 2 N–H and O–H groups in total. The number of hydrogen-bond donors (Lipinski definition) is 1. The minimum atomic E-state index is 0.147. The molecule has 0 aromatic heterocycles. The summed E-state index contributed by atoms with van der Waals surface area (Å²) in [6.07, 6.45) is 0.871. The van der Waals surface area contributed by atoms with E-state index in [9.17, 15) is 4.79 Å². The average molecular weight is 256 g/mol. The highest BCUT2D eigenvalue weighted by atomic mass is 16.2. The molecule has 0 aromatic rings. The number of amides is 1. The Morgan fingerprint density at radius 3 is 2.61 bits per heavy atom. The lowest BCUT2D eigenvalue weighted by Crippen LogP contribution is -2.59. The average Bonchev–Trinajstić information content (AvgIpc) is 2.30. The summed E-state index contributed by atoms with van der Waals surface area (Å²) in [5.41, 5.74) is 5.61. The van der Waals surface area contributed by atoms with Gasteiger partial charge in [0.1, 0.15) is 0 Å². The summed E-state index contributed by atoms with van der Waals surface area (Å²) in [5, 5.41) is 0. The molecule has 1 heterocycles. The molecule has 1 fully saturated rings. The molecule has 1 saturated heterocycles. The molecule has 106 valence electrons. The summed E-state index contributed by atoms with van der Waals surface area (Å²) in [6.45, 7) is 9.30. The molecule has 0 bridgehead atoms. The van der Waals surface area contributed by atoms with Gasteiger partial charge in [0.15, 0.2) is 0 Å². The summed E-state index contributed by atoms with van der Waals surface area (Å²) in [5.74, 6) is 0.198. The van der Waals surface area contributed by atoms with Crippen LogP contribution in [-0.2, 0) is 4.79 Å². The maximum absolute atomic E-state index is 12.0. The van der Waals surface area contributed by atoms with Crippen LogP contribution in [0.15, 0.2) is 0 Å². The van der Waals surface area contributed by atoms with Gasteiger partial charge in [0.2, 0.25) is 5.91 Å². The number of carbonyl (C=O) groups is 1. The number of hydrogen-bond acceptors (Lipinski definition) is 4. The van der Waals surface area contributed by atoms with Gasteiger partial charge in [-0.15, -0.1) is 0 Å². The van der Waals surface area contributed by atoms with E-state index in [-0.39, 0.29) is 11.4 Å².